The first-order valence-corrected chi connectivity index (χ1v) is 11.8. The maximum Gasteiger partial charge on any atom is 0.338 e. The molecule has 1 aliphatic rings. The van der Waals surface area contributed by atoms with Crippen LogP contribution in [-0.4, -0.2) is 44.0 Å². The number of ether oxygens (including phenoxy) is 2. The molecule has 0 spiro atoms. The Kier molecular flexibility index (Phi) is 6.50. The molecule has 3 aromatic rings. The van der Waals surface area contributed by atoms with Crippen LogP contribution < -0.4 is 4.74 Å². The Morgan fingerprint density at radius 3 is 2.53 bits per heavy atom. The Morgan fingerprint density at radius 1 is 1.12 bits per heavy atom. The molecule has 0 radical (unpaired) electrons. The number of carbonyl (C=O) groups excluding carboxylic acids is 1. The zero-order valence-corrected chi connectivity index (χ0v) is 18.9. The Bertz CT molecular complexity index is 1220. The van der Waals surface area contributed by atoms with Crippen LogP contribution >= 0.6 is 11.6 Å². The molecule has 2 aromatic carbocycles. The Balaban J connectivity index is 1.49. The standard InChI is InChI=1S/C22H21ClN2O6S/c1-29-20-9-6-16(12-21(20)32(27,28)25-10-2-3-11-25)22(26)30-14-18-13-19(24-31-18)15-4-7-17(23)8-5-15/h4-9,12-13H,2-3,10-11,14H2,1H3. The molecule has 1 aromatic heterocycles. The first-order valence-electron chi connectivity index (χ1n) is 9.95. The molecule has 32 heavy (non-hydrogen) atoms. The third kappa shape index (κ3) is 4.64. The van der Waals surface area contributed by atoms with Gasteiger partial charge in [0.15, 0.2) is 12.4 Å². The Morgan fingerprint density at radius 2 is 1.84 bits per heavy atom. The van der Waals surface area contributed by atoms with Gasteiger partial charge in [-0.2, -0.15) is 4.31 Å². The molecule has 2 heterocycles. The highest BCUT2D eigenvalue weighted by molar-refractivity contribution is 7.89. The van der Waals surface area contributed by atoms with Gasteiger partial charge in [-0.3, -0.25) is 0 Å². The fourth-order valence-corrected chi connectivity index (χ4v) is 5.26. The van der Waals surface area contributed by atoms with Crippen LogP contribution in [0.5, 0.6) is 5.75 Å². The van der Waals surface area contributed by atoms with E-state index < -0.39 is 16.0 Å². The van der Waals surface area contributed by atoms with Crippen molar-refractivity contribution in [3.63, 3.8) is 0 Å². The molecular weight excluding hydrogens is 456 g/mol. The zero-order valence-electron chi connectivity index (χ0n) is 17.3. The molecule has 0 N–H and O–H groups in total. The van der Waals surface area contributed by atoms with Crippen LogP contribution in [0.15, 0.2) is 57.9 Å². The summed E-state index contributed by atoms with van der Waals surface area (Å²) < 4.78 is 43.1. The number of sulfonamides is 1. The molecule has 0 saturated carbocycles. The molecule has 168 valence electrons. The van der Waals surface area contributed by atoms with E-state index in [0.717, 1.165) is 18.4 Å². The summed E-state index contributed by atoms with van der Waals surface area (Å²) >= 11 is 5.89. The second-order valence-corrected chi connectivity index (χ2v) is 9.58. The smallest absolute Gasteiger partial charge is 0.338 e. The number of methoxy groups -OCH3 is 1. The Hall–Kier alpha value is -2.88. The van der Waals surface area contributed by atoms with Gasteiger partial charge in [-0.15, -0.1) is 0 Å². The van der Waals surface area contributed by atoms with Crippen molar-refractivity contribution in [3.05, 3.63) is 64.9 Å². The molecule has 0 amide bonds. The predicted octanol–water partition coefficient (Wildman–Crippen LogP) is 4.15. The number of carbonyl (C=O) groups is 1. The van der Waals surface area contributed by atoms with Crippen molar-refractivity contribution >= 4 is 27.6 Å². The molecule has 1 saturated heterocycles. The topological polar surface area (TPSA) is 98.9 Å². The van der Waals surface area contributed by atoms with Gasteiger partial charge in [0.1, 0.15) is 16.3 Å². The molecule has 0 bridgehead atoms. The van der Waals surface area contributed by atoms with Gasteiger partial charge in [0, 0.05) is 29.7 Å². The number of esters is 1. The highest BCUT2D eigenvalue weighted by Crippen LogP contribution is 2.30. The first-order chi connectivity index (χ1) is 15.4. The van der Waals surface area contributed by atoms with Crippen LogP contribution in [-0.2, 0) is 21.4 Å². The monoisotopic (exact) mass is 476 g/mol. The second-order valence-electron chi connectivity index (χ2n) is 7.24. The molecule has 4 rings (SSSR count). The van der Waals surface area contributed by atoms with Gasteiger partial charge in [-0.1, -0.05) is 28.9 Å². The molecule has 1 aliphatic heterocycles. The number of halogens is 1. The van der Waals surface area contributed by atoms with E-state index in [1.165, 1.54) is 29.6 Å². The minimum Gasteiger partial charge on any atom is -0.495 e. The molecule has 1 fully saturated rings. The SMILES string of the molecule is COc1ccc(C(=O)OCc2cc(-c3ccc(Cl)cc3)no2)cc1S(=O)(=O)N1CCCC1. The van der Waals surface area contributed by atoms with Crippen LogP contribution in [0.25, 0.3) is 11.3 Å². The number of nitrogens with zero attached hydrogens (tertiary/aromatic N) is 2. The van der Waals surface area contributed by atoms with Crippen molar-refractivity contribution in [2.75, 3.05) is 20.2 Å². The van der Waals surface area contributed by atoms with Gasteiger partial charge >= 0.3 is 5.97 Å². The highest BCUT2D eigenvalue weighted by atomic mass is 35.5. The second kappa shape index (κ2) is 9.32. The van der Waals surface area contributed by atoms with Gasteiger partial charge in [-0.25, -0.2) is 13.2 Å². The number of rotatable bonds is 7. The van der Waals surface area contributed by atoms with Crippen molar-refractivity contribution in [1.29, 1.82) is 0 Å². The molecule has 0 unspecified atom stereocenters. The van der Waals surface area contributed by atoms with E-state index in [2.05, 4.69) is 5.16 Å². The average molecular weight is 477 g/mol. The van der Waals surface area contributed by atoms with Gasteiger partial charge in [0.05, 0.1) is 12.7 Å². The summed E-state index contributed by atoms with van der Waals surface area (Å²) in [5.41, 5.74) is 1.49. The fraction of sp³-hybridized carbons (Fsp3) is 0.273. The summed E-state index contributed by atoms with van der Waals surface area (Å²) in [4.78, 5) is 12.5. The summed E-state index contributed by atoms with van der Waals surface area (Å²) in [6, 6.07) is 12.9. The fourth-order valence-electron chi connectivity index (χ4n) is 3.43. The summed E-state index contributed by atoms with van der Waals surface area (Å²) in [6.07, 6.45) is 1.61. The summed E-state index contributed by atoms with van der Waals surface area (Å²) in [5, 5.41) is 4.58. The van der Waals surface area contributed by atoms with E-state index in [1.54, 1.807) is 30.3 Å². The lowest BCUT2D eigenvalue weighted by Crippen LogP contribution is -2.28. The third-order valence-corrected chi connectivity index (χ3v) is 7.30. The van der Waals surface area contributed by atoms with E-state index in [-0.39, 0.29) is 22.8 Å². The van der Waals surface area contributed by atoms with Crippen molar-refractivity contribution in [3.8, 4) is 17.0 Å². The lowest BCUT2D eigenvalue weighted by molar-refractivity contribution is 0.0437. The molecule has 8 nitrogen and oxygen atoms in total. The largest absolute Gasteiger partial charge is 0.495 e. The van der Waals surface area contributed by atoms with E-state index >= 15 is 0 Å². The molecule has 0 atom stereocenters. The molecular formula is C22H21ClN2O6S. The van der Waals surface area contributed by atoms with Crippen LogP contribution in [0.4, 0.5) is 0 Å². The summed E-state index contributed by atoms with van der Waals surface area (Å²) in [5.74, 6) is -0.159. The van der Waals surface area contributed by atoms with Crippen LogP contribution in [0.2, 0.25) is 5.02 Å². The minimum atomic E-state index is -3.77. The number of hydrogen-bond acceptors (Lipinski definition) is 7. The van der Waals surface area contributed by atoms with E-state index in [0.29, 0.717) is 29.6 Å². The van der Waals surface area contributed by atoms with Crippen molar-refractivity contribution in [2.45, 2.75) is 24.3 Å². The van der Waals surface area contributed by atoms with Gasteiger partial charge in [0.2, 0.25) is 10.0 Å². The number of benzene rings is 2. The van der Waals surface area contributed by atoms with Crippen LogP contribution in [0, 0.1) is 0 Å². The summed E-state index contributed by atoms with van der Waals surface area (Å²) in [7, 11) is -2.38. The van der Waals surface area contributed by atoms with Crippen LogP contribution in [0.3, 0.4) is 0 Å². The molecule has 0 aliphatic carbocycles. The van der Waals surface area contributed by atoms with Crippen molar-refractivity contribution in [1.82, 2.24) is 9.46 Å². The maximum atomic E-state index is 13.0. The lowest BCUT2D eigenvalue weighted by atomic mass is 10.1. The van der Waals surface area contributed by atoms with Gasteiger partial charge < -0.3 is 14.0 Å². The first kappa shape index (κ1) is 22.3. The molecule has 10 heteroatoms. The van der Waals surface area contributed by atoms with E-state index in [1.807, 2.05) is 0 Å². The average Bonchev–Trinajstić information content (AvgIpc) is 3.50. The predicted molar refractivity (Wildman–Crippen MR) is 117 cm³/mol. The van der Waals surface area contributed by atoms with Crippen molar-refractivity contribution in [2.24, 2.45) is 0 Å². The van der Waals surface area contributed by atoms with Crippen molar-refractivity contribution < 1.29 is 27.2 Å². The minimum absolute atomic E-state index is 0.0546. The van der Waals surface area contributed by atoms with E-state index in [9.17, 15) is 13.2 Å². The maximum absolute atomic E-state index is 13.0. The Labute approximate surface area is 190 Å². The summed E-state index contributed by atoms with van der Waals surface area (Å²) in [6.45, 7) is 0.739. The van der Waals surface area contributed by atoms with Gasteiger partial charge in [-0.05, 0) is 43.2 Å². The van der Waals surface area contributed by atoms with E-state index in [4.69, 9.17) is 25.6 Å². The van der Waals surface area contributed by atoms with Gasteiger partial charge in [0.25, 0.3) is 0 Å². The third-order valence-electron chi connectivity index (χ3n) is 5.13. The highest BCUT2D eigenvalue weighted by Gasteiger charge is 2.31. The normalized spacial score (nSPS) is 14.4. The quantitative estimate of drug-likeness (QED) is 0.472. The van der Waals surface area contributed by atoms with Crippen LogP contribution in [0.1, 0.15) is 29.0 Å². The zero-order chi connectivity index (χ0) is 22.7. The number of aromatic nitrogens is 1. The number of hydrogen-bond donors (Lipinski definition) is 0. The lowest BCUT2D eigenvalue weighted by Gasteiger charge is -2.18.